The second-order valence-electron chi connectivity index (χ2n) is 8.92. The lowest BCUT2D eigenvalue weighted by Gasteiger charge is -2.38. The second kappa shape index (κ2) is 9.84. The first-order chi connectivity index (χ1) is 17.0. The molecule has 0 spiro atoms. The van der Waals surface area contributed by atoms with Crippen LogP contribution in [0.15, 0.2) is 39.4 Å². The van der Waals surface area contributed by atoms with Gasteiger partial charge in [-0.3, -0.25) is 4.79 Å². The van der Waals surface area contributed by atoms with Crippen molar-refractivity contribution in [2.24, 2.45) is 5.92 Å². The zero-order valence-electron chi connectivity index (χ0n) is 19.5. The lowest BCUT2D eigenvalue weighted by Crippen LogP contribution is -2.52. The molecule has 2 aliphatic heterocycles. The predicted octanol–water partition coefficient (Wildman–Crippen LogP) is 3.16. The van der Waals surface area contributed by atoms with Crippen LogP contribution < -0.4 is 4.90 Å². The van der Waals surface area contributed by atoms with E-state index in [2.05, 4.69) is 9.88 Å². The van der Waals surface area contributed by atoms with Crippen LogP contribution in [0.3, 0.4) is 0 Å². The third kappa shape index (κ3) is 5.01. The Morgan fingerprint density at radius 1 is 0.972 bits per heavy atom. The number of benzene rings is 1. The third-order valence-electron chi connectivity index (χ3n) is 6.58. The van der Waals surface area contributed by atoms with Gasteiger partial charge < -0.3 is 9.80 Å². The highest BCUT2D eigenvalue weighted by Crippen LogP contribution is 2.34. The minimum absolute atomic E-state index is 0.0644. The summed E-state index contributed by atoms with van der Waals surface area (Å²) in [7, 11) is -6.97. The molecule has 9 nitrogen and oxygen atoms in total. The van der Waals surface area contributed by atoms with Gasteiger partial charge in [0.05, 0.1) is 13.9 Å². The highest BCUT2D eigenvalue weighted by Gasteiger charge is 2.35. The Hall–Kier alpha value is -1.77. The predicted molar refractivity (Wildman–Crippen MR) is 142 cm³/mol. The number of aromatic nitrogens is 1. The molecule has 0 unspecified atom stereocenters. The molecule has 194 valence electrons. The van der Waals surface area contributed by atoms with Crippen LogP contribution in [0.1, 0.15) is 12.8 Å². The van der Waals surface area contributed by atoms with Crippen molar-refractivity contribution in [3.63, 3.8) is 0 Å². The highest BCUT2D eigenvalue weighted by atomic mass is 35.5. The number of hydrogen-bond donors (Lipinski definition) is 0. The SMILES string of the molecule is CS(=O)(=O)c1cccc2sc(N3CCN(C(=O)C4CCN(S(=O)(=O)c5ccc(Cl)s5)CC4)CC3)nc12. The Morgan fingerprint density at radius 3 is 2.28 bits per heavy atom. The third-order valence-corrected chi connectivity index (χ3v) is 12.4. The van der Waals surface area contributed by atoms with Crippen molar-refractivity contribution < 1.29 is 21.6 Å². The number of piperidine rings is 1. The lowest BCUT2D eigenvalue weighted by molar-refractivity contribution is -0.137. The van der Waals surface area contributed by atoms with Crippen molar-refractivity contribution >= 4 is 75.4 Å². The second-order valence-corrected chi connectivity index (χ2v) is 15.8. The monoisotopic (exact) mass is 588 g/mol. The summed E-state index contributed by atoms with van der Waals surface area (Å²) in [5, 5.41) is 0.750. The van der Waals surface area contributed by atoms with E-state index < -0.39 is 19.9 Å². The molecule has 0 aliphatic carbocycles. The van der Waals surface area contributed by atoms with E-state index in [0.717, 1.165) is 21.2 Å². The van der Waals surface area contributed by atoms with Crippen molar-refractivity contribution in [2.45, 2.75) is 21.9 Å². The Balaban J connectivity index is 1.19. The summed E-state index contributed by atoms with van der Waals surface area (Å²) >= 11 is 8.40. The van der Waals surface area contributed by atoms with Crippen molar-refractivity contribution in [1.29, 1.82) is 0 Å². The van der Waals surface area contributed by atoms with Gasteiger partial charge in [-0.1, -0.05) is 29.0 Å². The fraction of sp³-hybridized carbons (Fsp3) is 0.455. The van der Waals surface area contributed by atoms with Crippen molar-refractivity contribution in [2.75, 3.05) is 50.4 Å². The van der Waals surface area contributed by atoms with E-state index in [1.165, 1.54) is 28.0 Å². The molecule has 0 bridgehead atoms. The number of nitrogens with zero attached hydrogens (tertiary/aromatic N) is 4. The first kappa shape index (κ1) is 25.9. The number of amides is 1. The maximum atomic E-state index is 13.2. The Labute approximate surface area is 223 Å². The van der Waals surface area contributed by atoms with E-state index in [0.29, 0.717) is 62.0 Å². The molecule has 0 N–H and O–H groups in total. The number of carbonyl (C=O) groups excluding carboxylic acids is 1. The first-order valence-corrected chi connectivity index (χ1v) is 16.8. The molecule has 36 heavy (non-hydrogen) atoms. The average molecular weight is 589 g/mol. The van der Waals surface area contributed by atoms with Crippen LogP contribution in [0.25, 0.3) is 10.2 Å². The van der Waals surface area contributed by atoms with Crippen LogP contribution in [0.5, 0.6) is 0 Å². The minimum Gasteiger partial charge on any atom is -0.345 e. The standard InChI is InChI=1S/C22H25ClN4O5S4/c1-35(29,30)17-4-2-3-16-20(17)24-22(33-16)26-13-11-25(12-14-26)21(28)15-7-9-27(10-8-15)36(31,32)19-6-5-18(23)34-19/h2-6,15H,7-14H2,1H3. The van der Waals surface area contributed by atoms with Crippen LogP contribution in [-0.2, 0) is 24.7 Å². The number of carbonyl (C=O) groups is 1. The summed E-state index contributed by atoms with van der Waals surface area (Å²) in [6.07, 6.45) is 2.16. The molecule has 0 radical (unpaired) electrons. The molecule has 2 fully saturated rings. The van der Waals surface area contributed by atoms with Crippen LogP contribution in [0, 0.1) is 5.92 Å². The van der Waals surface area contributed by atoms with Gasteiger partial charge in [0.25, 0.3) is 10.0 Å². The molecule has 3 aromatic rings. The van der Waals surface area contributed by atoms with Crippen LogP contribution in [0.2, 0.25) is 4.34 Å². The molecule has 0 saturated carbocycles. The number of sulfone groups is 1. The summed E-state index contributed by atoms with van der Waals surface area (Å²) < 4.78 is 52.8. The van der Waals surface area contributed by atoms with Crippen molar-refractivity contribution in [3.05, 3.63) is 34.7 Å². The number of hydrogen-bond acceptors (Lipinski definition) is 9. The maximum absolute atomic E-state index is 13.2. The summed E-state index contributed by atoms with van der Waals surface area (Å²) in [4.78, 5) is 21.9. The number of anilines is 1. The molecule has 2 aromatic heterocycles. The Bertz CT molecular complexity index is 1500. The first-order valence-electron chi connectivity index (χ1n) is 11.4. The molecule has 5 rings (SSSR count). The van der Waals surface area contributed by atoms with Gasteiger partial charge in [-0.25, -0.2) is 21.8 Å². The normalized spacial score (nSPS) is 18.7. The van der Waals surface area contributed by atoms with Gasteiger partial charge in [-0.2, -0.15) is 4.31 Å². The van der Waals surface area contributed by atoms with E-state index in [1.807, 2.05) is 11.0 Å². The molecule has 2 saturated heterocycles. The number of sulfonamides is 1. The van der Waals surface area contributed by atoms with Crippen molar-refractivity contribution in [3.8, 4) is 0 Å². The van der Waals surface area contributed by atoms with E-state index >= 15 is 0 Å². The van der Waals surface area contributed by atoms with Gasteiger partial charge in [0, 0.05) is 51.4 Å². The van der Waals surface area contributed by atoms with E-state index in [-0.39, 0.29) is 20.9 Å². The minimum atomic E-state index is -3.58. The van der Waals surface area contributed by atoms with E-state index in [4.69, 9.17) is 11.6 Å². The molecule has 4 heterocycles. The number of halogens is 1. The zero-order chi connectivity index (χ0) is 25.7. The topological polar surface area (TPSA) is 108 Å². The molecule has 14 heteroatoms. The average Bonchev–Trinajstić information content (AvgIpc) is 3.50. The molecule has 2 aliphatic rings. The lowest BCUT2D eigenvalue weighted by atomic mass is 9.96. The van der Waals surface area contributed by atoms with Crippen molar-refractivity contribution in [1.82, 2.24) is 14.2 Å². The number of thiazole rings is 1. The number of para-hydroxylation sites is 1. The molecule has 1 aromatic carbocycles. The largest absolute Gasteiger partial charge is 0.345 e. The van der Waals surface area contributed by atoms with Crippen LogP contribution in [0.4, 0.5) is 5.13 Å². The summed E-state index contributed by atoms with van der Waals surface area (Å²) in [6, 6.07) is 8.26. The fourth-order valence-corrected chi connectivity index (χ4v) is 9.68. The summed E-state index contributed by atoms with van der Waals surface area (Å²) in [5.74, 6) is -0.135. The van der Waals surface area contributed by atoms with Crippen LogP contribution in [-0.4, -0.2) is 82.5 Å². The Morgan fingerprint density at radius 2 is 1.67 bits per heavy atom. The van der Waals surface area contributed by atoms with Crippen LogP contribution >= 0.6 is 34.3 Å². The summed E-state index contributed by atoms with van der Waals surface area (Å²) in [5.41, 5.74) is 0.491. The molecule has 0 atom stereocenters. The highest BCUT2D eigenvalue weighted by molar-refractivity contribution is 7.91. The van der Waals surface area contributed by atoms with Gasteiger partial charge in [0.1, 0.15) is 9.73 Å². The number of piperazine rings is 1. The quantitative estimate of drug-likeness (QED) is 0.450. The number of thiophene rings is 1. The molecule has 1 amide bonds. The van der Waals surface area contributed by atoms with Gasteiger partial charge in [-0.15, -0.1) is 11.3 Å². The number of fused-ring (bicyclic) bond motifs is 1. The molecular weight excluding hydrogens is 564 g/mol. The smallest absolute Gasteiger partial charge is 0.252 e. The van der Waals surface area contributed by atoms with Gasteiger partial charge >= 0.3 is 0 Å². The van der Waals surface area contributed by atoms with Gasteiger partial charge in [0.2, 0.25) is 5.91 Å². The van der Waals surface area contributed by atoms with Gasteiger partial charge in [-0.05, 0) is 37.1 Å². The number of rotatable bonds is 5. The molecular formula is C22H25ClN4O5S4. The Kier molecular flexibility index (Phi) is 7.07. The van der Waals surface area contributed by atoms with E-state index in [1.54, 1.807) is 18.2 Å². The van der Waals surface area contributed by atoms with Gasteiger partial charge in [0.15, 0.2) is 15.0 Å². The zero-order valence-corrected chi connectivity index (χ0v) is 23.5. The fourth-order valence-electron chi connectivity index (χ4n) is 4.63. The maximum Gasteiger partial charge on any atom is 0.252 e. The summed E-state index contributed by atoms with van der Waals surface area (Å²) in [6.45, 7) is 2.91. The van der Waals surface area contributed by atoms with E-state index in [9.17, 15) is 21.6 Å².